The average molecular weight is 753 g/mol. The molecule has 2 bridgehead atoms. The highest BCUT2D eigenvalue weighted by molar-refractivity contribution is 5.77. The van der Waals surface area contributed by atoms with Crippen LogP contribution >= 0.6 is 0 Å². The third kappa shape index (κ3) is 7.27. The van der Waals surface area contributed by atoms with Crippen LogP contribution in [0.1, 0.15) is 98.4 Å². The van der Waals surface area contributed by atoms with Crippen LogP contribution in [-0.4, -0.2) is 64.6 Å². The number of aromatic hydroxyl groups is 1. The molecule has 1 spiro atoms. The molecular weight excluding hydrogens is 697 g/mol. The van der Waals surface area contributed by atoms with Crippen LogP contribution in [0.3, 0.4) is 0 Å². The number of piperidine rings is 1. The minimum Gasteiger partial charge on any atom is -0.508 e. The maximum atomic E-state index is 15.0. The fourth-order valence-corrected chi connectivity index (χ4v) is 10.9. The zero-order valence-electron chi connectivity index (χ0n) is 32.8. The second-order valence-electron chi connectivity index (χ2n) is 16.5. The second-order valence-corrected chi connectivity index (χ2v) is 16.5. The van der Waals surface area contributed by atoms with Crippen molar-refractivity contribution < 1.29 is 24.2 Å². The number of hydrogen-bond acceptors (Lipinski definition) is 6. The molecule has 4 aromatic carbocycles. The van der Waals surface area contributed by atoms with E-state index in [2.05, 4.69) is 95.2 Å². The van der Waals surface area contributed by atoms with Crippen molar-refractivity contribution in [1.29, 1.82) is 0 Å². The smallest absolute Gasteiger partial charge is 0.308 e. The molecule has 1 saturated carbocycles. The van der Waals surface area contributed by atoms with Gasteiger partial charge in [0.15, 0.2) is 11.5 Å². The van der Waals surface area contributed by atoms with Crippen LogP contribution in [0, 0.1) is 5.92 Å². The Morgan fingerprint density at radius 2 is 1.61 bits per heavy atom. The van der Waals surface area contributed by atoms with Crippen LogP contribution in [0.15, 0.2) is 110 Å². The minimum absolute atomic E-state index is 0.0249. The molecule has 0 unspecified atom stereocenters. The summed E-state index contributed by atoms with van der Waals surface area (Å²) in [7, 11) is 0. The first-order valence-electron chi connectivity index (χ1n) is 20.9. The van der Waals surface area contributed by atoms with Gasteiger partial charge in [-0.3, -0.25) is 14.5 Å². The van der Waals surface area contributed by atoms with E-state index in [-0.39, 0.29) is 47.4 Å². The zero-order valence-corrected chi connectivity index (χ0v) is 32.8. The summed E-state index contributed by atoms with van der Waals surface area (Å²) < 4.78 is 12.9. The van der Waals surface area contributed by atoms with Crippen molar-refractivity contribution in [2.45, 2.75) is 107 Å². The van der Waals surface area contributed by atoms with E-state index in [0.29, 0.717) is 25.1 Å². The van der Waals surface area contributed by atoms with Crippen molar-refractivity contribution in [3.63, 3.8) is 0 Å². The van der Waals surface area contributed by atoms with Crippen LogP contribution in [0.2, 0.25) is 0 Å². The van der Waals surface area contributed by atoms with E-state index < -0.39 is 11.4 Å². The predicted octanol–water partition coefficient (Wildman–Crippen LogP) is 9.16. The van der Waals surface area contributed by atoms with Gasteiger partial charge in [-0.15, -0.1) is 6.58 Å². The van der Waals surface area contributed by atoms with Crippen molar-refractivity contribution in [2.24, 2.45) is 5.92 Å². The van der Waals surface area contributed by atoms with Crippen molar-refractivity contribution in [3.05, 3.63) is 138 Å². The fourth-order valence-electron chi connectivity index (χ4n) is 10.9. The molecule has 1 amide bonds. The number of hydrogen-bond donors (Lipinski definition) is 1. The molecule has 4 aliphatic rings. The van der Waals surface area contributed by atoms with Gasteiger partial charge in [-0.25, -0.2) is 0 Å². The molecule has 0 radical (unpaired) electrons. The van der Waals surface area contributed by atoms with E-state index in [1.54, 1.807) is 6.07 Å². The Hall–Kier alpha value is -4.88. The van der Waals surface area contributed by atoms with Gasteiger partial charge in [0.05, 0.1) is 6.04 Å². The molecule has 1 N–H and O–H groups in total. The number of amides is 1. The molecule has 2 fully saturated rings. The molecule has 2 aliphatic heterocycles. The number of unbranched alkanes of at least 4 members (excludes halogenated alkanes) is 4. The van der Waals surface area contributed by atoms with E-state index in [9.17, 15) is 14.7 Å². The molecule has 8 rings (SSSR count). The van der Waals surface area contributed by atoms with Gasteiger partial charge < -0.3 is 19.5 Å². The van der Waals surface area contributed by atoms with Gasteiger partial charge in [0.2, 0.25) is 5.91 Å². The Morgan fingerprint density at radius 1 is 0.946 bits per heavy atom. The monoisotopic (exact) mass is 752 g/mol. The Kier molecular flexibility index (Phi) is 11.3. The Balaban J connectivity index is 1.12. The van der Waals surface area contributed by atoms with Gasteiger partial charge in [-0.2, -0.15) is 0 Å². The van der Waals surface area contributed by atoms with E-state index in [1.165, 1.54) is 23.6 Å². The molecule has 292 valence electrons. The molecular formula is C49H56N2O5. The number of nitrogens with zero attached hydrogens (tertiary/aromatic N) is 2. The number of rotatable bonds is 16. The fraction of sp³-hybridized carbons (Fsp3) is 0.429. The highest BCUT2D eigenvalue weighted by atomic mass is 16.6. The largest absolute Gasteiger partial charge is 0.508 e. The van der Waals surface area contributed by atoms with Crippen molar-refractivity contribution in [2.75, 3.05) is 19.6 Å². The SMILES string of the molecule is C=CCN1CC[C@]23c4c5c(O)cc(OC(C)=O)c4O[C@H]2[C@@H](N(CC(c2ccccc2)c2ccccc2)C(=O)CCCCCCCc2ccccc2)CC[C@H]3[C@H]1C5. The third-order valence-electron chi connectivity index (χ3n) is 13.3. The van der Waals surface area contributed by atoms with E-state index >= 15 is 0 Å². The zero-order chi connectivity index (χ0) is 38.6. The molecule has 2 aliphatic carbocycles. The first-order valence-corrected chi connectivity index (χ1v) is 20.9. The van der Waals surface area contributed by atoms with Crippen molar-refractivity contribution in [1.82, 2.24) is 9.80 Å². The summed E-state index contributed by atoms with van der Waals surface area (Å²) in [6, 6.07) is 33.4. The summed E-state index contributed by atoms with van der Waals surface area (Å²) in [5.41, 5.74) is 5.22. The second kappa shape index (κ2) is 16.7. The Morgan fingerprint density at radius 3 is 2.29 bits per heavy atom. The number of phenols is 1. The molecule has 1 saturated heterocycles. The standard InChI is InChI=1S/C49H56N2O5/c1-3-29-50-30-28-49-40-26-27-41(48(49)56-47-44(55-34(2)52)32-43(53)38(46(47)49)31-42(40)50)51(33-39(36-21-13-8-14-22-36)37-23-15-9-16-24-37)45(54)25-17-6-4-5-10-18-35-19-11-7-12-20-35/h3,7-9,11-16,19-24,32,39-42,48,53H,1,4-6,10,17-18,25-31,33H2,2H3/t40-,41-,42+,48-,49-/m0/s1. The number of likely N-dealkylation sites (tertiary alicyclic amines) is 1. The van der Waals surface area contributed by atoms with Crippen molar-refractivity contribution in [3.8, 4) is 17.2 Å². The van der Waals surface area contributed by atoms with Gasteiger partial charge in [0.1, 0.15) is 11.9 Å². The summed E-state index contributed by atoms with van der Waals surface area (Å²) in [5.74, 6) is 0.970. The summed E-state index contributed by atoms with van der Waals surface area (Å²) in [4.78, 5) is 32.1. The highest BCUT2D eigenvalue weighted by Crippen LogP contribution is 2.66. The predicted molar refractivity (Wildman–Crippen MR) is 220 cm³/mol. The topological polar surface area (TPSA) is 79.3 Å². The molecule has 7 heteroatoms. The number of carbonyl (C=O) groups is 2. The van der Waals surface area contributed by atoms with Crippen LogP contribution in [-0.2, 0) is 27.8 Å². The van der Waals surface area contributed by atoms with E-state index in [4.69, 9.17) is 9.47 Å². The molecule has 4 aromatic rings. The highest BCUT2D eigenvalue weighted by Gasteiger charge is 2.67. The lowest BCUT2D eigenvalue weighted by atomic mass is 9.50. The average Bonchev–Trinajstić information content (AvgIpc) is 3.56. The number of esters is 1. The lowest BCUT2D eigenvalue weighted by Gasteiger charge is -2.60. The van der Waals surface area contributed by atoms with Gasteiger partial charge >= 0.3 is 5.97 Å². The first-order chi connectivity index (χ1) is 27.4. The summed E-state index contributed by atoms with van der Waals surface area (Å²) >= 11 is 0. The maximum absolute atomic E-state index is 15.0. The quantitative estimate of drug-likeness (QED) is 0.0533. The van der Waals surface area contributed by atoms with E-state index in [1.807, 2.05) is 18.2 Å². The molecule has 5 atom stereocenters. The van der Waals surface area contributed by atoms with Gasteiger partial charge in [0, 0.05) is 61.0 Å². The molecule has 7 nitrogen and oxygen atoms in total. The van der Waals surface area contributed by atoms with Crippen LogP contribution in [0.4, 0.5) is 0 Å². The van der Waals surface area contributed by atoms with Gasteiger partial charge in [-0.1, -0.05) is 116 Å². The summed E-state index contributed by atoms with van der Waals surface area (Å²) in [5, 5.41) is 11.6. The van der Waals surface area contributed by atoms with Gasteiger partial charge in [0.25, 0.3) is 0 Å². The summed E-state index contributed by atoms with van der Waals surface area (Å²) in [6.07, 6.45) is 11.8. The van der Waals surface area contributed by atoms with Crippen molar-refractivity contribution >= 4 is 11.9 Å². The van der Waals surface area contributed by atoms with Crippen LogP contribution in [0.5, 0.6) is 17.2 Å². The number of benzene rings is 4. The number of phenolic OH excluding ortho intramolecular Hbond substituents is 1. The third-order valence-corrected chi connectivity index (χ3v) is 13.3. The van der Waals surface area contributed by atoms with Gasteiger partial charge in [-0.05, 0) is 74.1 Å². The number of ether oxygens (including phenoxy) is 2. The minimum atomic E-state index is -0.454. The lowest BCUT2D eigenvalue weighted by Crippen LogP contribution is -2.69. The number of carbonyl (C=O) groups excluding carboxylic acids is 2. The van der Waals surface area contributed by atoms with Crippen LogP contribution in [0.25, 0.3) is 0 Å². The number of aryl methyl sites for hydroxylation is 1. The first kappa shape index (κ1) is 38.0. The molecule has 56 heavy (non-hydrogen) atoms. The maximum Gasteiger partial charge on any atom is 0.308 e. The lowest BCUT2D eigenvalue weighted by molar-refractivity contribution is -0.143. The van der Waals surface area contributed by atoms with Crippen LogP contribution < -0.4 is 9.47 Å². The normalized spacial score (nSPS) is 23.2. The summed E-state index contributed by atoms with van der Waals surface area (Å²) in [6.45, 7) is 7.64. The Labute approximate surface area is 332 Å². The molecule has 2 heterocycles. The van der Waals surface area contributed by atoms with E-state index in [0.717, 1.165) is 82.0 Å². The Bertz CT molecular complexity index is 1960. The molecule has 0 aromatic heterocycles.